The summed E-state index contributed by atoms with van der Waals surface area (Å²) in [7, 11) is 1.69. The lowest BCUT2D eigenvalue weighted by Crippen LogP contribution is -2.38. The Morgan fingerprint density at radius 3 is 3.16 bits per heavy atom. The van der Waals surface area contributed by atoms with Crippen molar-refractivity contribution in [2.45, 2.75) is 12.8 Å². The van der Waals surface area contributed by atoms with Crippen LogP contribution in [0.1, 0.15) is 23.2 Å². The summed E-state index contributed by atoms with van der Waals surface area (Å²) in [5, 5.41) is 9.08. The number of carbonyl (C=O) groups is 1. The largest absolute Gasteiger partial charge is 0.478 e. The zero-order chi connectivity index (χ0) is 13.8. The number of rotatable bonds is 4. The molecule has 1 aromatic heterocycles. The maximum absolute atomic E-state index is 11.1. The molecule has 1 saturated heterocycles. The van der Waals surface area contributed by atoms with Crippen LogP contribution in [0.4, 0.5) is 11.5 Å². The first-order chi connectivity index (χ1) is 9.13. The lowest BCUT2D eigenvalue weighted by atomic mass is 9.98. The van der Waals surface area contributed by atoms with E-state index in [0.717, 1.165) is 25.9 Å². The second-order valence-electron chi connectivity index (χ2n) is 4.81. The van der Waals surface area contributed by atoms with E-state index in [1.54, 1.807) is 7.11 Å². The smallest absolute Gasteiger partial charge is 0.337 e. The van der Waals surface area contributed by atoms with Gasteiger partial charge in [-0.25, -0.2) is 9.78 Å². The summed E-state index contributed by atoms with van der Waals surface area (Å²) in [6, 6.07) is 1.43. The summed E-state index contributed by atoms with van der Waals surface area (Å²) >= 11 is 0. The average molecular weight is 265 g/mol. The predicted octanol–water partition coefficient (Wildman–Crippen LogP) is 1.22. The van der Waals surface area contributed by atoms with Crippen LogP contribution in [0, 0.1) is 5.92 Å². The maximum Gasteiger partial charge on any atom is 0.337 e. The van der Waals surface area contributed by atoms with Gasteiger partial charge in [0, 0.05) is 26.4 Å². The number of carboxylic acids is 1. The number of nitrogen functional groups attached to an aromatic ring is 1. The molecular weight excluding hydrogens is 246 g/mol. The number of pyridine rings is 1. The third kappa shape index (κ3) is 2.96. The average Bonchev–Trinajstić information content (AvgIpc) is 2.39. The zero-order valence-electron chi connectivity index (χ0n) is 11.0. The number of methoxy groups -OCH3 is 1. The molecule has 2 rings (SSSR count). The van der Waals surface area contributed by atoms with Crippen molar-refractivity contribution in [3.63, 3.8) is 0 Å². The molecular formula is C13H19N3O3. The normalized spacial score (nSPS) is 19.4. The number of hydrogen-bond donors (Lipinski definition) is 2. The van der Waals surface area contributed by atoms with E-state index in [0.29, 0.717) is 18.3 Å². The first-order valence-corrected chi connectivity index (χ1v) is 6.35. The van der Waals surface area contributed by atoms with Gasteiger partial charge in [-0.05, 0) is 24.8 Å². The Balaban J connectivity index is 2.21. The number of piperidine rings is 1. The van der Waals surface area contributed by atoms with Crippen molar-refractivity contribution < 1.29 is 14.6 Å². The number of ether oxygens (including phenoxy) is 1. The second-order valence-corrected chi connectivity index (χ2v) is 4.81. The molecule has 1 aliphatic rings. The van der Waals surface area contributed by atoms with Crippen LogP contribution in [0.3, 0.4) is 0 Å². The molecule has 3 N–H and O–H groups in total. The number of nitrogens with two attached hydrogens (primary N) is 1. The molecule has 1 unspecified atom stereocenters. The van der Waals surface area contributed by atoms with Gasteiger partial charge >= 0.3 is 5.97 Å². The predicted molar refractivity (Wildman–Crippen MR) is 72.4 cm³/mol. The third-order valence-electron chi connectivity index (χ3n) is 3.42. The topological polar surface area (TPSA) is 88.7 Å². The van der Waals surface area contributed by atoms with E-state index in [4.69, 9.17) is 15.6 Å². The Bertz CT molecular complexity index is 462. The molecule has 2 heterocycles. The van der Waals surface area contributed by atoms with E-state index in [-0.39, 0.29) is 11.3 Å². The van der Waals surface area contributed by atoms with Crippen LogP contribution in [0.2, 0.25) is 0 Å². The number of anilines is 2. The zero-order valence-corrected chi connectivity index (χ0v) is 11.0. The summed E-state index contributed by atoms with van der Waals surface area (Å²) in [5.41, 5.74) is 6.27. The molecule has 1 atom stereocenters. The first-order valence-electron chi connectivity index (χ1n) is 6.35. The van der Waals surface area contributed by atoms with E-state index >= 15 is 0 Å². The highest BCUT2D eigenvalue weighted by Crippen LogP contribution is 2.28. The highest BCUT2D eigenvalue weighted by molar-refractivity contribution is 5.96. The molecule has 0 amide bonds. The van der Waals surface area contributed by atoms with Gasteiger partial charge in [0.05, 0.1) is 17.9 Å². The molecule has 1 fully saturated rings. The van der Waals surface area contributed by atoms with Gasteiger partial charge in [-0.3, -0.25) is 0 Å². The van der Waals surface area contributed by atoms with E-state index < -0.39 is 5.97 Å². The summed E-state index contributed by atoms with van der Waals surface area (Å²) in [4.78, 5) is 17.4. The van der Waals surface area contributed by atoms with E-state index in [1.807, 2.05) is 0 Å². The Labute approximate surface area is 112 Å². The van der Waals surface area contributed by atoms with Crippen molar-refractivity contribution in [3.05, 3.63) is 17.8 Å². The van der Waals surface area contributed by atoms with Crippen molar-refractivity contribution in [1.82, 2.24) is 4.98 Å². The minimum Gasteiger partial charge on any atom is -0.478 e. The lowest BCUT2D eigenvalue weighted by molar-refractivity contribution is 0.0698. The minimum atomic E-state index is -1.02. The van der Waals surface area contributed by atoms with E-state index in [1.165, 1.54) is 12.3 Å². The number of hydrogen-bond acceptors (Lipinski definition) is 5. The standard InChI is InChI=1S/C13H19N3O3/c1-19-8-9-3-2-6-16(7-9)12-11(14)10(13(17)18)4-5-15-12/h4-5,9H,2-3,6-8,14H2,1H3,(H,17,18). The lowest BCUT2D eigenvalue weighted by Gasteiger charge is -2.34. The van der Waals surface area contributed by atoms with Gasteiger partial charge < -0.3 is 20.5 Å². The molecule has 0 radical (unpaired) electrons. The van der Waals surface area contributed by atoms with Gasteiger partial charge in [-0.1, -0.05) is 0 Å². The maximum atomic E-state index is 11.1. The van der Waals surface area contributed by atoms with Crippen LogP contribution < -0.4 is 10.6 Å². The highest BCUT2D eigenvalue weighted by Gasteiger charge is 2.24. The molecule has 0 bridgehead atoms. The molecule has 0 spiro atoms. The van der Waals surface area contributed by atoms with Crippen molar-refractivity contribution in [2.24, 2.45) is 5.92 Å². The Morgan fingerprint density at radius 2 is 2.47 bits per heavy atom. The quantitative estimate of drug-likeness (QED) is 0.851. The van der Waals surface area contributed by atoms with E-state index in [9.17, 15) is 4.79 Å². The van der Waals surface area contributed by atoms with Crippen LogP contribution in [-0.2, 0) is 4.74 Å². The Kier molecular flexibility index (Phi) is 4.21. The molecule has 1 aliphatic heterocycles. The van der Waals surface area contributed by atoms with Gasteiger partial charge in [-0.2, -0.15) is 0 Å². The van der Waals surface area contributed by atoms with Gasteiger partial charge in [0.25, 0.3) is 0 Å². The highest BCUT2D eigenvalue weighted by atomic mass is 16.5. The second kappa shape index (κ2) is 5.88. The molecule has 0 aliphatic carbocycles. The number of aromatic carboxylic acids is 1. The van der Waals surface area contributed by atoms with Crippen LogP contribution >= 0.6 is 0 Å². The summed E-state index contributed by atoms with van der Waals surface area (Å²) in [6.07, 6.45) is 3.64. The first kappa shape index (κ1) is 13.6. The van der Waals surface area contributed by atoms with Crippen molar-refractivity contribution in [3.8, 4) is 0 Å². The Morgan fingerprint density at radius 1 is 1.68 bits per heavy atom. The van der Waals surface area contributed by atoms with Crippen LogP contribution in [0.5, 0.6) is 0 Å². The molecule has 6 nitrogen and oxygen atoms in total. The molecule has 104 valence electrons. The monoisotopic (exact) mass is 265 g/mol. The van der Waals surface area contributed by atoms with Gasteiger partial charge in [0.2, 0.25) is 0 Å². The molecule has 1 aromatic rings. The minimum absolute atomic E-state index is 0.110. The Hall–Kier alpha value is -1.82. The molecule has 19 heavy (non-hydrogen) atoms. The number of nitrogens with zero attached hydrogens (tertiary/aromatic N) is 2. The van der Waals surface area contributed by atoms with Gasteiger partial charge in [-0.15, -0.1) is 0 Å². The van der Waals surface area contributed by atoms with Crippen molar-refractivity contribution in [2.75, 3.05) is 37.4 Å². The fraction of sp³-hybridized carbons (Fsp3) is 0.538. The molecule has 0 aromatic carbocycles. The van der Waals surface area contributed by atoms with Crippen molar-refractivity contribution in [1.29, 1.82) is 0 Å². The van der Waals surface area contributed by atoms with Crippen LogP contribution in [0.15, 0.2) is 12.3 Å². The van der Waals surface area contributed by atoms with Crippen LogP contribution in [0.25, 0.3) is 0 Å². The fourth-order valence-corrected chi connectivity index (χ4v) is 2.53. The fourth-order valence-electron chi connectivity index (χ4n) is 2.53. The summed E-state index contributed by atoms with van der Waals surface area (Å²) in [5.74, 6) is -0.0132. The molecule has 6 heteroatoms. The summed E-state index contributed by atoms with van der Waals surface area (Å²) < 4.78 is 5.19. The van der Waals surface area contributed by atoms with Gasteiger partial charge in [0.1, 0.15) is 0 Å². The number of aromatic nitrogens is 1. The molecule has 0 saturated carbocycles. The van der Waals surface area contributed by atoms with Gasteiger partial charge in [0.15, 0.2) is 5.82 Å². The SMILES string of the molecule is COCC1CCCN(c2nccc(C(=O)O)c2N)C1. The van der Waals surface area contributed by atoms with Crippen LogP contribution in [-0.4, -0.2) is 42.9 Å². The van der Waals surface area contributed by atoms with E-state index in [2.05, 4.69) is 9.88 Å². The summed E-state index contributed by atoms with van der Waals surface area (Å²) in [6.45, 7) is 2.35. The third-order valence-corrected chi connectivity index (χ3v) is 3.42. The van der Waals surface area contributed by atoms with Crippen molar-refractivity contribution >= 4 is 17.5 Å². The number of carboxylic acid groups (broad SMARTS) is 1.